The predicted octanol–water partition coefficient (Wildman–Crippen LogP) is 4.20. The fraction of sp³-hybridized carbons (Fsp3) is 0.238. The average Bonchev–Trinajstić information content (AvgIpc) is 2.89. The summed E-state index contributed by atoms with van der Waals surface area (Å²) < 4.78 is 16.1. The highest BCUT2D eigenvalue weighted by Crippen LogP contribution is 2.33. The van der Waals surface area contributed by atoms with E-state index in [1.807, 2.05) is 13.8 Å². The van der Waals surface area contributed by atoms with Crippen molar-refractivity contribution in [1.29, 1.82) is 0 Å². The molecule has 28 heavy (non-hydrogen) atoms. The van der Waals surface area contributed by atoms with Crippen LogP contribution in [-0.2, 0) is 11.2 Å². The first kappa shape index (κ1) is 19.9. The van der Waals surface area contributed by atoms with Crippen molar-refractivity contribution >= 4 is 34.3 Å². The molecule has 0 aliphatic carbocycles. The molecule has 0 radical (unpaired) electrons. The number of carbonyl (C=O) groups is 2. The monoisotopic (exact) mass is 402 g/mol. The molecule has 0 aliphatic heterocycles. The van der Waals surface area contributed by atoms with E-state index in [-0.39, 0.29) is 29.3 Å². The number of rotatable bonds is 4. The molecule has 0 spiro atoms. The van der Waals surface area contributed by atoms with E-state index in [1.165, 1.54) is 22.8 Å². The van der Waals surface area contributed by atoms with Gasteiger partial charge < -0.3 is 10.4 Å². The van der Waals surface area contributed by atoms with Gasteiger partial charge in [0.15, 0.2) is 11.6 Å². The normalized spacial score (nSPS) is 11.2. The van der Waals surface area contributed by atoms with Gasteiger partial charge in [0.25, 0.3) is 5.91 Å². The fourth-order valence-electron chi connectivity index (χ4n) is 3.29. The first-order valence-electron chi connectivity index (χ1n) is 8.81. The van der Waals surface area contributed by atoms with Gasteiger partial charge in [0.05, 0.1) is 11.9 Å². The van der Waals surface area contributed by atoms with E-state index < -0.39 is 17.5 Å². The Hall–Kier alpha value is -2.86. The topological polar surface area (TPSA) is 71.3 Å². The second kappa shape index (κ2) is 7.64. The number of hydrogen-bond acceptors (Lipinski definition) is 3. The Balaban J connectivity index is 2.21. The summed E-state index contributed by atoms with van der Waals surface area (Å²) in [6.45, 7) is 5.29. The number of carbonyl (C=O) groups excluding carboxylic acids is 2. The van der Waals surface area contributed by atoms with Crippen LogP contribution < -0.4 is 5.32 Å². The van der Waals surface area contributed by atoms with Crippen LogP contribution in [0.25, 0.3) is 10.9 Å². The minimum absolute atomic E-state index is 0.0618. The van der Waals surface area contributed by atoms with E-state index in [0.29, 0.717) is 21.8 Å². The minimum atomic E-state index is -0.856. The number of phenolic OH excluding ortho intramolecular Hbond substituents is 1. The standard InChI is InChI=1S/C21H20ClFN2O3/c1-11(2)24-18(27)10-15-12(3)25(16-7-8-17(26)20(23)19(15)16)21(28)13-5-4-6-14(22)9-13/h4-9,11,26H,10H2,1-3H3,(H,24,27). The minimum Gasteiger partial charge on any atom is -0.505 e. The van der Waals surface area contributed by atoms with E-state index in [9.17, 15) is 19.1 Å². The van der Waals surface area contributed by atoms with Crippen LogP contribution in [0.5, 0.6) is 5.75 Å². The lowest BCUT2D eigenvalue weighted by atomic mass is 10.1. The molecule has 0 fully saturated rings. The zero-order valence-corrected chi connectivity index (χ0v) is 16.5. The molecule has 0 unspecified atom stereocenters. The number of fused-ring (bicyclic) bond motifs is 1. The molecule has 0 saturated heterocycles. The van der Waals surface area contributed by atoms with E-state index >= 15 is 0 Å². The smallest absolute Gasteiger partial charge is 0.262 e. The molecule has 5 nitrogen and oxygen atoms in total. The van der Waals surface area contributed by atoms with Gasteiger partial charge in [0.1, 0.15) is 0 Å². The third kappa shape index (κ3) is 3.60. The molecule has 0 atom stereocenters. The van der Waals surface area contributed by atoms with E-state index in [0.717, 1.165) is 0 Å². The van der Waals surface area contributed by atoms with Gasteiger partial charge in [-0.25, -0.2) is 4.39 Å². The quantitative estimate of drug-likeness (QED) is 0.687. The van der Waals surface area contributed by atoms with Gasteiger partial charge in [0, 0.05) is 27.7 Å². The molecule has 0 saturated carbocycles. The van der Waals surface area contributed by atoms with Gasteiger partial charge in [-0.15, -0.1) is 0 Å². The van der Waals surface area contributed by atoms with Crippen LogP contribution in [-0.4, -0.2) is 27.5 Å². The van der Waals surface area contributed by atoms with Crippen LogP contribution in [0.3, 0.4) is 0 Å². The summed E-state index contributed by atoms with van der Waals surface area (Å²) in [4.78, 5) is 25.4. The van der Waals surface area contributed by atoms with E-state index in [4.69, 9.17) is 11.6 Å². The third-order valence-electron chi connectivity index (χ3n) is 4.48. The Morgan fingerprint density at radius 1 is 1.25 bits per heavy atom. The molecule has 1 heterocycles. The highest BCUT2D eigenvalue weighted by atomic mass is 35.5. The van der Waals surface area contributed by atoms with E-state index in [2.05, 4.69) is 5.32 Å². The van der Waals surface area contributed by atoms with Crippen molar-refractivity contribution in [3.05, 3.63) is 64.1 Å². The van der Waals surface area contributed by atoms with E-state index in [1.54, 1.807) is 25.1 Å². The molecule has 2 aromatic carbocycles. The SMILES string of the molecule is Cc1c(CC(=O)NC(C)C)c2c(F)c(O)ccc2n1C(=O)c1cccc(Cl)c1. The number of phenols is 1. The van der Waals surface area contributed by atoms with Crippen LogP contribution in [0.2, 0.25) is 5.02 Å². The first-order chi connectivity index (χ1) is 13.2. The maximum atomic E-state index is 14.8. The number of nitrogens with zero attached hydrogens (tertiary/aromatic N) is 1. The van der Waals surface area contributed by atoms with Gasteiger partial charge in [0.2, 0.25) is 5.91 Å². The molecule has 1 amide bonds. The van der Waals surface area contributed by atoms with Gasteiger partial charge in [-0.1, -0.05) is 17.7 Å². The second-order valence-corrected chi connectivity index (χ2v) is 7.34. The highest BCUT2D eigenvalue weighted by Gasteiger charge is 2.25. The number of nitrogens with one attached hydrogen (secondary N) is 1. The lowest BCUT2D eigenvalue weighted by molar-refractivity contribution is -0.120. The van der Waals surface area contributed by atoms with Crippen LogP contribution in [0, 0.1) is 12.7 Å². The van der Waals surface area contributed by atoms with Crippen molar-refractivity contribution < 1.29 is 19.1 Å². The fourth-order valence-corrected chi connectivity index (χ4v) is 3.48. The lowest BCUT2D eigenvalue weighted by Crippen LogP contribution is -2.31. The molecular weight excluding hydrogens is 383 g/mol. The number of benzene rings is 2. The lowest BCUT2D eigenvalue weighted by Gasteiger charge is -2.09. The Morgan fingerprint density at radius 3 is 2.61 bits per heavy atom. The number of halogens is 2. The number of amides is 1. The summed E-state index contributed by atoms with van der Waals surface area (Å²) >= 11 is 6.00. The summed E-state index contributed by atoms with van der Waals surface area (Å²) in [5.74, 6) is -2.09. The van der Waals surface area contributed by atoms with Crippen LogP contribution in [0.15, 0.2) is 36.4 Å². The number of hydrogen-bond donors (Lipinski definition) is 2. The van der Waals surface area contributed by atoms with Gasteiger partial charge in [-0.2, -0.15) is 0 Å². The Kier molecular flexibility index (Phi) is 5.42. The van der Waals surface area contributed by atoms with Crippen molar-refractivity contribution in [3.8, 4) is 5.75 Å². The zero-order valence-electron chi connectivity index (χ0n) is 15.7. The molecule has 0 bridgehead atoms. The number of aromatic nitrogens is 1. The molecule has 7 heteroatoms. The molecule has 2 N–H and O–H groups in total. The summed E-state index contributed by atoms with van der Waals surface area (Å²) in [5, 5.41) is 13.1. The van der Waals surface area contributed by atoms with Gasteiger partial charge in [-0.05, 0) is 56.7 Å². The largest absolute Gasteiger partial charge is 0.505 e. The number of aromatic hydroxyl groups is 1. The van der Waals surface area contributed by atoms with Crippen LogP contribution in [0.4, 0.5) is 4.39 Å². The average molecular weight is 403 g/mol. The molecular formula is C21H20ClFN2O3. The van der Waals surface area contributed by atoms with Crippen LogP contribution >= 0.6 is 11.6 Å². The zero-order chi connectivity index (χ0) is 20.6. The van der Waals surface area contributed by atoms with Crippen molar-refractivity contribution in [1.82, 2.24) is 9.88 Å². The van der Waals surface area contributed by atoms with Crippen molar-refractivity contribution in [2.24, 2.45) is 0 Å². The maximum absolute atomic E-state index is 14.8. The molecule has 3 rings (SSSR count). The Morgan fingerprint density at radius 2 is 1.96 bits per heavy atom. The molecule has 146 valence electrons. The molecule has 0 aliphatic rings. The van der Waals surface area contributed by atoms with Crippen molar-refractivity contribution in [2.45, 2.75) is 33.2 Å². The Labute approximate surface area is 166 Å². The highest BCUT2D eigenvalue weighted by molar-refractivity contribution is 6.31. The predicted molar refractivity (Wildman–Crippen MR) is 106 cm³/mol. The first-order valence-corrected chi connectivity index (χ1v) is 9.19. The maximum Gasteiger partial charge on any atom is 0.262 e. The second-order valence-electron chi connectivity index (χ2n) is 6.91. The van der Waals surface area contributed by atoms with Crippen molar-refractivity contribution in [2.75, 3.05) is 0 Å². The van der Waals surface area contributed by atoms with Crippen molar-refractivity contribution in [3.63, 3.8) is 0 Å². The van der Waals surface area contributed by atoms with Crippen LogP contribution in [0.1, 0.15) is 35.5 Å². The van der Waals surface area contributed by atoms with Gasteiger partial charge in [-0.3, -0.25) is 14.2 Å². The third-order valence-corrected chi connectivity index (χ3v) is 4.71. The summed E-state index contributed by atoms with van der Waals surface area (Å²) in [7, 11) is 0. The Bertz CT molecular complexity index is 1090. The molecule has 3 aromatic rings. The van der Waals surface area contributed by atoms with Gasteiger partial charge >= 0.3 is 0 Å². The summed E-state index contributed by atoms with van der Waals surface area (Å²) in [5.41, 5.74) is 1.41. The summed E-state index contributed by atoms with van der Waals surface area (Å²) in [6, 6.07) is 9.02. The molecule has 1 aromatic heterocycles. The summed E-state index contributed by atoms with van der Waals surface area (Å²) in [6.07, 6.45) is -0.114.